The number of aromatic amines is 1. The second-order valence-electron chi connectivity index (χ2n) is 7.30. The number of aromatic nitrogens is 1. The molecule has 2 heterocycles. The third-order valence-corrected chi connectivity index (χ3v) is 5.48. The highest BCUT2D eigenvalue weighted by molar-refractivity contribution is 6.08. The molecule has 6 heteroatoms. The van der Waals surface area contributed by atoms with Gasteiger partial charge < -0.3 is 15.0 Å². The molecule has 2 aromatic carbocycles. The Morgan fingerprint density at radius 1 is 1.21 bits per heavy atom. The van der Waals surface area contributed by atoms with E-state index in [1.807, 2.05) is 31.2 Å². The third kappa shape index (κ3) is 3.20. The molecule has 4 rings (SSSR count). The molecule has 5 nitrogen and oxygen atoms in total. The summed E-state index contributed by atoms with van der Waals surface area (Å²) >= 11 is 0. The SMILES string of the molecule is CC(=O)C1=C(O)C(=O)N(CCc2c(C)[nH]c3ccccc23)[C@H]1c1cccc(F)c1. The lowest BCUT2D eigenvalue weighted by Gasteiger charge is -2.26. The molecular formula is C23H21FN2O3. The van der Waals surface area contributed by atoms with Crippen LogP contribution in [0.5, 0.6) is 0 Å². The van der Waals surface area contributed by atoms with Gasteiger partial charge in [-0.25, -0.2) is 4.39 Å². The molecule has 1 atom stereocenters. The van der Waals surface area contributed by atoms with Gasteiger partial charge in [-0.1, -0.05) is 30.3 Å². The average molecular weight is 392 g/mol. The Labute approximate surface area is 167 Å². The molecule has 0 spiro atoms. The molecule has 0 aliphatic carbocycles. The van der Waals surface area contributed by atoms with E-state index in [1.165, 1.54) is 30.0 Å². The van der Waals surface area contributed by atoms with E-state index in [0.29, 0.717) is 12.0 Å². The number of aliphatic hydroxyl groups excluding tert-OH is 1. The van der Waals surface area contributed by atoms with E-state index in [1.54, 1.807) is 6.07 Å². The van der Waals surface area contributed by atoms with Crippen molar-refractivity contribution in [2.45, 2.75) is 26.3 Å². The predicted octanol–water partition coefficient (Wildman–Crippen LogP) is 4.14. The number of hydrogen-bond acceptors (Lipinski definition) is 3. The molecule has 0 saturated heterocycles. The molecule has 0 fully saturated rings. The standard InChI is InChI=1S/C23H21FN2O3/c1-13-17(18-8-3-4-9-19(18)25-13)10-11-26-21(15-6-5-7-16(24)12-15)20(14(2)27)22(28)23(26)29/h3-9,12,21,25,28H,10-11H2,1-2H3/t21-/m0/s1. The van der Waals surface area contributed by atoms with E-state index in [0.717, 1.165) is 22.2 Å². The predicted molar refractivity (Wildman–Crippen MR) is 108 cm³/mol. The first kappa shape index (κ1) is 18.9. The molecule has 1 aliphatic rings. The summed E-state index contributed by atoms with van der Waals surface area (Å²) in [5.41, 5.74) is 3.56. The fourth-order valence-electron chi connectivity index (χ4n) is 4.16. The van der Waals surface area contributed by atoms with Gasteiger partial charge in [0.25, 0.3) is 5.91 Å². The number of nitrogens with zero attached hydrogens (tertiary/aromatic N) is 1. The third-order valence-electron chi connectivity index (χ3n) is 5.48. The number of aliphatic hydroxyl groups is 1. The molecule has 0 bridgehead atoms. The van der Waals surface area contributed by atoms with Gasteiger partial charge in [0.15, 0.2) is 11.5 Å². The molecule has 1 aliphatic heterocycles. The average Bonchev–Trinajstić information content (AvgIpc) is 3.14. The Kier molecular flexibility index (Phi) is 4.70. The van der Waals surface area contributed by atoms with Gasteiger partial charge in [0, 0.05) is 23.1 Å². The zero-order valence-corrected chi connectivity index (χ0v) is 16.2. The second kappa shape index (κ2) is 7.20. The van der Waals surface area contributed by atoms with Crippen LogP contribution in [0.1, 0.15) is 29.8 Å². The summed E-state index contributed by atoms with van der Waals surface area (Å²) in [6.07, 6.45) is 0.534. The summed E-state index contributed by atoms with van der Waals surface area (Å²) < 4.78 is 13.8. The smallest absolute Gasteiger partial charge is 0.290 e. The number of amides is 1. The van der Waals surface area contributed by atoms with E-state index < -0.39 is 29.3 Å². The van der Waals surface area contributed by atoms with Crippen LogP contribution in [-0.4, -0.2) is 33.2 Å². The van der Waals surface area contributed by atoms with Crippen LogP contribution >= 0.6 is 0 Å². The van der Waals surface area contributed by atoms with Crippen LogP contribution in [0.15, 0.2) is 59.9 Å². The summed E-state index contributed by atoms with van der Waals surface area (Å²) in [5.74, 6) is -2.03. The van der Waals surface area contributed by atoms with Gasteiger partial charge in [-0.3, -0.25) is 9.59 Å². The second-order valence-corrected chi connectivity index (χ2v) is 7.30. The van der Waals surface area contributed by atoms with Crippen molar-refractivity contribution >= 4 is 22.6 Å². The highest BCUT2D eigenvalue weighted by Gasteiger charge is 2.42. The number of hydrogen-bond donors (Lipinski definition) is 2. The Hall–Kier alpha value is -3.41. The fourth-order valence-corrected chi connectivity index (χ4v) is 4.16. The number of benzene rings is 2. The van der Waals surface area contributed by atoms with Gasteiger partial charge in [0.05, 0.1) is 11.6 Å². The Morgan fingerprint density at radius 3 is 2.69 bits per heavy atom. The maximum Gasteiger partial charge on any atom is 0.290 e. The summed E-state index contributed by atoms with van der Waals surface area (Å²) in [7, 11) is 0. The quantitative estimate of drug-likeness (QED) is 0.685. The van der Waals surface area contributed by atoms with E-state index in [2.05, 4.69) is 4.98 Å². The van der Waals surface area contributed by atoms with Gasteiger partial charge in [-0.15, -0.1) is 0 Å². The van der Waals surface area contributed by atoms with Crippen molar-refractivity contribution in [3.8, 4) is 0 Å². The highest BCUT2D eigenvalue weighted by Crippen LogP contribution is 2.38. The summed E-state index contributed by atoms with van der Waals surface area (Å²) in [4.78, 5) is 29.7. The van der Waals surface area contributed by atoms with E-state index in [9.17, 15) is 19.1 Å². The van der Waals surface area contributed by atoms with Crippen LogP contribution in [0.4, 0.5) is 4.39 Å². The fraction of sp³-hybridized carbons (Fsp3) is 0.217. The highest BCUT2D eigenvalue weighted by atomic mass is 19.1. The molecule has 0 saturated carbocycles. The maximum absolute atomic E-state index is 13.8. The maximum atomic E-state index is 13.8. The minimum Gasteiger partial charge on any atom is -0.503 e. The van der Waals surface area contributed by atoms with Crippen molar-refractivity contribution in [1.29, 1.82) is 0 Å². The Balaban J connectivity index is 1.70. The van der Waals surface area contributed by atoms with E-state index in [-0.39, 0.29) is 12.1 Å². The number of carbonyl (C=O) groups is 2. The van der Waals surface area contributed by atoms with Gasteiger partial charge in [-0.2, -0.15) is 0 Å². The van der Waals surface area contributed by atoms with Crippen molar-refractivity contribution in [3.63, 3.8) is 0 Å². The zero-order valence-electron chi connectivity index (χ0n) is 16.2. The Bertz CT molecular complexity index is 1160. The number of rotatable bonds is 5. The number of H-pyrrole nitrogens is 1. The van der Waals surface area contributed by atoms with Crippen LogP contribution in [0.2, 0.25) is 0 Å². The van der Waals surface area contributed by atoms with Gasteiger partial charge in [-0.05, 0) is 49.6 Å². The molecule has 0 unspecified atom stereocenters. The first-order valence-corrected chi connectivity index (χ1v) is 9.45. The zero-order chi connectivity index (χ0) is 20.7. The van der Waals surface area contributed by atoms with Crippen LogP contribution in [0.3, 0.4) is 0 Å². The van der Waals surface area contributed by atoms with Gasteiger partial charge in [0.1, 0.15) is 5.82 Å². The Morgan fingerprint density at radius 2 is 1.97 bits per heavy atom. The van der Waals surface area contributed by atoms with Crippen molar-refractivity contribution in [2.24, 2.45) is 0 Å². The number of nitrogens with one attached hydrogen (secondary N) is 1. The summed E-state index contributed by atoms with van der Waals surface area (Å²) in [6, 6.07) is 12.9. The number of Topliss-reactive ketones (excluding diaryl/α,β-unsaturated/α-hetero) is 1. The monoisotopic (exact) mass is 392 g/mol. The summed E-state index contributed by atoms with van der Waals surface area (Å²) in [5, 5.41) is 11.4. The number of halogens is 1. The minimum atomic E-state index is -0.804. The van der Waals surface area contributed by atoms with Gasteiger partial charge in [0.2, 0.25) is 0 Å². The lowest BCUT2D eigenvalue weighted by atomic mass is 9.96. The number of ketones is 1. The van der Waals surface area contributed by atoms with Crippen molar-refractivity contribution in [3.05, 3.63) is 82.5 Å². The van der Waals surface area contributed by atoms with Crippen LogP contribution < -0.4 is 0 Å². The van der Waals surface area contributed by atoms with Crippen LogP contribution in [0, 0.1) is 12.7 Å². The molecule has 2 N–H and O–H groups in total. The molecule has 0 radical (unpaired) electrons. The molecule has 29 heavy (non-hydrogen) atoms. The number of fused-ring (bicyclic) bond motifs is 1. The van der Waals surface area contributed by atoms with Crippen molar-refractivity contribution < 1.29 is 19.1 Å². The molecule has 1 amide bonds. The number of para-hydroxylation sites is 1. The van der Waals surface area contributed by atoms with Crippen molar-refractivity contribution in [1.82, 2.24) is 9.88 Å². The lowest BCUT2D eigenvalue weighted by Crippen LogP contribution is -2.33. The molecule has 148 valence electrons. The molecular weight excluding hydrogens is 371 g/mol. The first-order chi connectivity index (χ1) is 13.9. The topological polar surface area (TPSA) is 73.4 Å². The lowest BCUT2D eigenvalue weighted by molar-refractivity contribution is -0.129. The number of aryl methyl sites for hydroxylation is 1. The van der Waals surface area contributed by atoms with Crippen molar-refractivity contribution in [2.75, 3.05) is 6.54 Å². The molecule has 1 aromatic heterocycles. The first-order valence-electron chi connectivity index (χ1n) is 9.45. The normalized spacial score (nSPS) is 16.9. The summed E-state index contributed by atoms with van der Waals surface area (Å²) in [6.45, 7) is 3.56. The molecule has 3 aromatic rings. The largest absolute Gasteiger partial charge is 0.503 e. The van der Waals surface area contributed by atoms with Crippen LogP contribution in [-0.2, 0) is 16.0 Å². The van der Waals surface area contributed by atoms with Crippen LogP contribution in [0.25, 0.3) is 10.9 Å². The number of carbonyl (C=O) groups excluding carboxylic acids is 2. The van der Waals surface area contributed by atoms with Gasteiger partial charge >= 0.3 is 0 Å². The van der Waals surface area contributed by atoms with E-state index >= 15 is 0 Å². The minimum absolute atomic E-state index is 0.0104. The van der Waals surface area contributed by atoms with E-state index in [4.69, 9.17) is 0 Å².